The second-order valence-corrected chi connectivity index (χ2v) is 8.24. The Morgan fingerprint density at radius 2 is 1.74 bits per heavy atom. The van der Waals surface area contributed by atoms with Crippen LogP contribution in [0.1, 0.15) is 17.5 Å². The van der Waals surface area contributed by atoms with Gasteiger partial charge in [-0.05, 0) is 11.1 Å². The van der Waals surface area contributed by atoms with Crippen molar-refractivity contribution in [1.82, 2.24) is 10.2 Å². The molecule has 1 saturated heterocycles. The number of carbonyl (C=O) groups excluding carboxylic acids is 2. The van der Waals surface area contributed by atoms with Crippen molar-refractivity contribution in [2.45, 2.75) is 25.0 Å². The van der Waals surface area contributed by atoms with Gasteiger partial charge in [0.25, 0.3) is 5.91 Å². The highest BCUT2D eigenvalue weighted by molar-refractivity contribution is 6.04. The lowest BCUT2D eigenvalue weighted by Crippen LogP contribution is -3.12. The van der Waals surface area contributed by atoms with Crippen LogP contribution < -0.4 is 10.2 Å². The van der Waals surface area contributed by atoms with Gasteiger partial charge in [-0.1, -0.05) is 65.8 Å². The van der Waals surface area contributed by atoms with Gasteiger partial charge >= 0.3 is 0 Å². The first-order valence-corrected chi connectivity index (χ1v) is 10.8. The zero-order valence-electron chi connectivity index (χ0n) is 17.8. The fourth-order valence-corrected chi connectivity index (χ4v) is 3.96. The van der Waals surface area contributed by atoms with E-state index >= 15 is 0 Å². The number of nitrogens with one attached hydrogen (secondary N) is 2. The van der Waals surface area contributed by atoms with Gasteiger partial charge in [-0.3, -0.25) is 9.59 Å². The summed E-state index contributed by atoms with van der Waals surface area (Å²) < 4.78 is 0. The molecule has 0 saturated carbocycles. The molecule has 0 unspecified atom stereocenters. The monoisotopic (exact) mass is 421 g/mol. The Balaban J connectivity index is 1.43. The lowest BCUT2D eigenvalue weighted by Gasteiger charge is -2.33. The highest BCUT2D eigenvalue weighted by Crippen LogP contribution is 2.17. The van der Waals surface area contributed by atoms with Crippen LogP contribution in [-0.4, -0.2) is 67.8 Å². The molecule has 2 aromatic carbocycles. The van der Waals surface area contributed by atoms with Gasteiger partial charge < -0.3 is 20.0 Å². The van der Waals surface area contributed by atoms with Crippen molar-refractivity contribution < 1.29 is 19.3 Å². The summed E-state index contributed by atoms with van der Waals surface area (Å²) in [5.74, 6) is -0.337. The number of piperazine rings is 1. The van der Waals surface area contributed by atoms with Crippen molar-refractivity contribution in [1.29, 1.82) is 0 Å². The Labute approximate surface area is 182 Å². The van der Waals surface area contributed by atoms with Crippen molar-refractivity contribution in [2.75, 3.05) is 33.2 Å². The number of hydrogen-bond donors (Lipinski definition) is 2. The van der Waals surface area contributed by atoms with Crippen LogP contribution in [-0.2, 0) is 20.8 Å². The Morgan fingerprint density at radius 3 is 2.42 bits per heavy atom. The summed E-state index contributed by atoms with van der Waals surface area (Å²) in [4.78, 5) is 35.0. The van der Waals surface area contributed by atoms with E-state index in [1.54, 1.807) is 0 Å². The van der Waals surface area contributed by atoms with E-state index in [9.17, 15) is 9.59 Å². The predicted molar refractivity (Wildman–Crippen MR) is 118 cm³/mol. The maximum atomic E-state index is 13.3. The quantitative estimate of drug-likeness (QED) is 0.703. The number of quaternary nitrogens is 1. The highest BCUT2D eigenvalue weighted by Gasteiger charge is 2.34. The fourth-order valence-electron chi connectivity index (χ4n) is 3.96. The topological polar surface area (TPSA) is 75.4 Å². The van der Waals surface area contributed by atoms with E-state index < -0.39 is 12.1 Å². The summed E-state index contributed by atoms with van der Waals surface area (Å²) in [5, 5.41) is 7.05. The average Bonchev–Trinajstić information content (AvgIpc) is 3.31. The van der Waals surface area contributed by atoms with Crippen LogP contribution in [0.2, 0.25) is 0 Å². The molecule has 4 rings (SSSR count). The van der Waals surface area contributed by atoms with E-state index in [0.29, 0.717) is 25.9 Å². The van der Waals surface area contributed by atoms with Crippen molar-refractivity contribution in [3.8, 4) is 0 Å². The molecule has 7 nitrogen and oxygen atoms in total. The number of nitrogens with zero attached hydrogens (tertiary/aromatic N) is 2. The molecule has 0 aromatic heterocycles. The molecule has 2 amide bonds. The van der Waals surface area contributed by atoms with Gasteiger partial charge in [-0.2, -0.15) is 0 Å². The van der Waals surface area contributed by atoms with Crippen molar-refractivity contribution in [3.63, 3.8) is 0 Å². The molecule has 2 aliphatic rings. The maximum absolute atomic E-state index is 13.3. The third-order valence-electron chi connectivity index (χ3n) is 5.89. The van der Waals surface area contributed by atoms with Crippen LogP contribution in [0.15, 0.2) is 65.8 Å². The molecular formula is C24H29N4O3+. The molecule has 7 heteroatoms. The molecule has 0 bridgehead atoms. The van der Waals surface area contributed by atoms with Crippen molar-refractivity contribution in [2.24, 2.45) is 5.16 Å². The molecule has 2 N–H and O–H groups in total. The van der Waals surface area contributed by atoms with Crippen LogP contribution in [0.3, 0.4) is 0 Å². The molecule has 31 heavy (non-hydrogen) atoms. The minimum atomic E-state index is -0.724. The summed E-state index contributed by atoms with van der Waals surface area (Å²) >= 11 is 0. The molecule has 0 spiro atoms. The normalized spacial score (nSPS) is 20.0. The standard InChI is InChI=1S/C24H28N4O3/c1-27-12-14-28(15-13-27)24(30)21(16-18-8-4-2-5-9-18)25-23(29)22-17-20(26-31-22)19-10-6-3-7-11-19/h2-11,21-22H,12-17H2,1H3,(H,25,29)/p+1/t21-,22-/m0/s1. The van der Waals surface area contributed by atoms with Gasteiger partial charge in [0.05, 0.1) is 38.9 Å². The van der Waals surface area contributed by atoms with E-state index in [-0.39, 0.29) is 11.8 Å². The molecule has 0 aliphatic carbocycles. The van der Waals surface area contributed by atoms with E-state index in [0.717, 1.165) is 29.9 Å². The number of amides is 2. The summed E-state index contributed by atoms with van der Waals surface area (Å²) in [6.45, 7) is 3.23. The summed E-state index contributed by atoms with van der Waals surface area (Å²) in [6.07, 6.45) is 0.113. The molecule has 2 aromatic rings. The van der Waals surface area contributed by atoms with E-state index in [2.05, 4.69) is 17.5 Å². The Morgan fingerprint density at radius 1 is 1.10 bits per heavy atom. The number of likely N-dealkylation sites (N-methyl/N-ethyl adjacent to an activating group) is 1. The summed E-state index contributed by atoms with van der Waals surface area (Å²) in [5.41, 5.74) is 2.69. The molecule has 2 atom stereocenters. The molecule has 2 aliphatic heterocycles. The van der Waals surface area contributed by atoms with Gasteiger partial charge in [-0.15, -0.1) is 0 Å². The first-order chi connectivity index (χ1) is 15.1. The smallest absolute Gasteiger partial charge is 0.265 e. The largest absolute Gasteiger partial charge is 0.382 e. The number of rotatable bonds is 6. The average molecular weight is 422 g/mol. The zero-order valence-corrected chi connectivity index (χ0v) is 17.8. The minimum Gasteiger partial charge on any atom is -0.382 e. The molecular weight excluding hydrogens is 392 g/mol. The number of oxime groups is 1. The fraction of sp³-hybridized carbons (Fsp3) is 0.375. The van der Waals surface area contributed by atoms with Crippen molar-refractivity contribution in [3.05, 3.63) is 71.8 Å². The maximum Gasteiger partial charge on any atom is 0.265 e. The van der Waals surface area contributed by atoms with E-state index in [1.807, 2.05) is 65.6 Å². The van der Waals surface area contributed by atoms with Gasteiger partial charge in [0.15, 0.2) is 0 Å². The zero-order chi connectivity index (χ0) is 21.6. The molecule has 0 radical (unpaired) electrons. The third kappa shape index (κ3) is 5.30. The van der Waals surface area contributed by atoms with E-state index in [4.69, 9.17) is 4.84 Å². The first-order valence-electron chi connectivity index (χ1n) is 10.8. The second-order valence-electron chi connectivity index (χ2n) is 8.24. The second kappa shape index (κ2) is 9.75. The summed E-state index contributed by atoms with van der Waals surface area (Å²) in [6, 6.07) is 18.8. The minimum absolute atomic E-state index is 0.0353. The highest BCUT2D eigenvalue weighted by atomic mass is 16.6. The SMILES string of the molecule is C[NH+]1CCN(C(=O)[C@H](Cc2ccccc2)NC(=O)[C@@H]2CC(c3ccccc3)=NO2)CC1. The van der Waals surface area contributed by atoms with Crippen LogP contribution in [0, 0.1) is 0 Å². The Bertz CT molecular complexity index is 924. The van der Waals surface area contributed by atoms with E-state index in [1.165, 1.54) is 4.90 Å². The lowest BCUT2D eigenvalue weighted by molar-refractivity contribution is -0.883. The number of benzene rings is 2. The van der Waals surface area contributed by atoms with Gasteiger partial charge in [0, 0.05) is 12.8 Å². The summed E-state index contributed by atoms with van der Waals surface area (Å²) in [7, 11) is 2.13. The lowest BCUT2D eigenvalue weighted by atomic mass is 10.0. The van der Waals surface area contributed by atoms with Gasteiger partial charge in [0.1, 0.15) is 6.04 Å². The molecule has 162 valence electrons. The van der Waals surface area contributed by atoms with Crippen LogP contribution >= 0.6 is 0 Å². The van der Waals surface area contributed by atoms with Gasteiger partial charge in [0.2, 0.25) is 12.0 Å². The number of carbonyl (C=O) groups is 2. The Hall–Kier alpha value is -3.19. The first kappa shape index (κ1) is 21.1. The molecule has 2 heterocycles. The van der Waals surface area contributed by atoms with Crippen LogP contribution in [0.25, 0.3) is 0 Å². The Kier molecular flexibility index (Phi) is 6.62. The van der Waals surface area contributed by atoms with Crippen LogP contribution in [0.5, 0.6) is 0 Å². The van der Waals surface area contributed by atoms with Gasteiger partial charge in [-0.25, -0.2) is 0 Å². The third-order valence-corrected chi connectivity index (χ3v) is 5.89. The van der Waals surface area contributed by atoms with Crippen molar-refractivity contribution >= 4 is 17.5 Å². The van der Waals surface area contributed by atoms with Crippen LogP contribution in [0.4, 0.5) is 0 Å². The number of hydrogen-bond acceptors (Lipinski definition) is 4. The predicted octanol–water partition coefficient (Wildman–Crippen LogP) is 0.264. The molecule has 1 fully saturated rings.